The molecule has 2 aromatic rings. The van der Waals surface area contributed by atoms with Crippen LogP contribution in [0.1, 0.15) is 43.0 Å². The van der Waals surface area contributed by atoms with Crippen molar-refractivity contribution in [2.24, 2.45) is 5.73 Å². The zero-order valence-electron chi connectivity index (χ0n) is 15.7. The van der Waals surface area contributed by atoms with Gasteiger partial charge in [-0.15, -0.1) is 0 Å². The second kappa shape index (κ2) is 10.9. The number of hydrogen-bond donors (Lipinski definition) is 3. The number of carbonyl (C=O) groups excluding carboxylic acids is 2. The smallest absolute Gasteiger partial charge is 0.250 e. The van der Waals surface area contributed by atoms with Gasteiger partial charge in [-0.05, 0) is 42.8 Å². The molecule has 0 unspecified atom stereocenters. The molecule has 0 heterocycles. The Morgan fingerprint density at radius 2 is 1.74 bits per heavy atom. The quantitative estimate of drug-likeness (QED) is 0.525. The number of anilines is 2. The van der Waals surface area contributed by atoms with E-state index >= 15 is 0 Å². The van der Waals surface area contributed by atoms with Crippen molar-refractivity contribution >= 4 is 23.2 Å². The van der Waals surface area contributed by atoms with Gasteiger partial charge in [-0.2, -0.15) is 0 Å². The molecule has 2 aromatic carbocycles. The van der Waals surface area contributed by atoms with Crippen molar-refractivity contribution < 1.29 is 14.3 Å². The molecule has 0 aromatic heterocycles. The summed E-state index contributed by atoms with van der Waals surface area (Å²) in [5.41, 5.74) is 6.81. The number of hydrogen-bond acceptors (Lipinski definition) is 4. The fraction of sp³-hybridized carbons (Fsp3) is 0.333. The molecular weight excluding hydrogens is 342 g/mol. The summed E-state index contributed by atoms with van der Waals surface area (Å²) in [5.74, 6) is -0.0269. The van der Waals surface area contributed by atoms with Crippen LogP contribution in [0.2, 0.25) is 0 Å². The van der Waals surface area contributed by atoms with Crippen LogP contribution in [0.25, 0.3) is 0 Å². The molecule has 0 bridgehead atoms. The van der Waals surface area contributed by atoms with Gasteiger partial charge in [-0.1, -0.05) is 38.3 Å². The molecule has 0 saturated heterocycles. The molecule has 0 saturated carbocycles. The third kappa shape index (κ3) is 7.01. The highest BCUT2D eigenvalue weighted by Gasteiger charge is 2.10. The van der Waals surface area contributed by atoms with Crippen LogP contribution in [-0.4, -0.2) is 25.0 Å². The van der Waals surface area contributed by atoms with Crippen LogP contribution < -0.4 is 21.1 Å². The van der Waals surface area contributed by atoms with Crippen LogP contribution >= 0.6 is 0 Å². The zero-order chi connectivity index (χ0) is 19.5. The minimum Gasteiger partial charge on any atom is -0.494 e. The van der Waals surface area contributed by atoms with Crippen molar-refractivity contribution in [2.45, 2.75) is 32.6 Å². The van der Waals surface area contributed by atoms with Gasteiger partial charge in [-0.3, -0.25) is 9.59 Å². The Bertz CT molecular complexity index is 745. The lowest BCUT2D eigenvalue weighted by Crippen LogP contribution is -2.24. The molecule has 0 fully saturated rings. The van der Waals surface area contributed by atoms with Gasteiger partial charge in [-0.25, -0.2) is 0 Å². The summed E-state index contributed by atoms with van der Waals surface area (Å²) in [7, 11) is 0. The fourth-order valence-electron chi connectivity index (χ4n) is 2.57. The van der Waals surface area contributed by atoms with Gasteiger partial charge in [0.25, 0.3) is 5.91 Å². The summed E-state index contributed by atoms with van der Waals surface area (Å²) in [5, 5.41) is 5.73. The fourth-order valence-corrected chi connectivity index (χ4v) is 2.57. The van der Waals surface area contributed by atoms with Gasteiger partial charge in [0.15, 0.2) is 0 Å². The normalized spacial score (nSPS) is 10.3. The van der Waals surface area contributed by atoms with Crippen molar-refractivity contribution in [1.29, 1.82) is 0 Å². The summed E-state index contributed by atoms with van der Waals surface area (Å²) in [6.07, 6.45) is 4.69. The number of ether oxygens (including phenoxy) is 1. The summed E-state index contributed by atoms with van der Waals surface area (Å²) in [4.78, 5) is 23.5. The van der Waals surface area contributed by atoms with E-state index in [0.717, 1.165) is 17.9 Å². The Labute approximate surface area is 160 Å². The Hall–Kier alpha value is -3.02. The number of carbonyl (C=O) groups is 2. The Morgan fingerprint density at radius 1 is 1.00 bits per heavy atom. The van der Waals surface area contributed by atoms with Crippen LogP contribution in [0.4, 0.5) is 11.4 Å². The summed E-state index contributed by atoms with van der Waals surface area (Å²) >= 11 is 0. The number of rotatable bonds is 11. The van der Waals surface area contributed by atoms with E-state index in [9.17, 15) is 9.59 Å². The molecule has 6 nitrogen and oxygen atoms in total. The van der Waals surface area contributed by atoms with Crippen molar-refractivity contribution in [1.82, 2.24) is 0 Å². The summed E-state index contributed by atoms with van der Waals surface area (Å²) in [6.45, 7) is 2.97. The van der Waals surface area contributed by atoms with E-state index in [4.69, 9.17) is 10.5 Å². The number of nitrogens with one attached hydrogen (secondary N) is 2. The minimum atomic E-state index is -0.579. The second-order valence-corrected chi connectivity index (χ2v) is 6.25. The number of amides is 2. The molecule has 0 spiro atoms. The van der Waals surface area contributed by atoms with Crippen LogP contribution in [0.3, 0.4) is 0 Å². The van der Waals surface area contributed by atoms with Gasteiger partial charge in [0.05, 0.1) is 24.4 Å². The maximum absolute atomic E-state index is 12.1. The van der Waals surface area contributed by atoms with Gasteiger partial charge >= 0.3 is 0 Å². The zero-order valence-corrected chi connectivity index (χ0v) is 15.7. The van der Waals surface area contributed by atoms with Crippen molar-refractivity contribution in [2.75, 3.05) is 23.8 Å². The lowest BCUT2D eigenvalue weighted by molar-refractivity contribution is -0.114. The van der Waals surface area contributed by atoms with E-state index < -0.39 is 5.91 Å². The molecule has 0 atom stereocenters. The topological polar surface area (TPSA) is 93.4 Å². The molecule has 2 amide bonds. The predicted octanol–water partition coefficient (Wildman–Crippen LogP) is 3.80. The molecule has 27 heavy (non-hydrogen) atoms. The summed E-state index contributed by atoms with van der Waals surface area (Å²) < 4.78 is 5.70. The van der Waals surface area contributed by atoms with Crippen molar-refractivity contribution in [3.63, 3.8) is 0 Å². The monoisotopic (exact) mass is 369 g/mol. The first kappa shape index (κ1) is 20.3. The van der Waals surface area contributed by atoms with E-state index in [2.05, 4.69) is 17.6 Å². The second-order valence-electron chi connectivity index (χ2n) is 6.25. The standard InChI is InChI=1S/C21H27N3O3/c1-2-3-4-7-14-27-17-12-10-16(11-13-17)23-15-20(25)24-19-9-6-5-8-18(19)21(22)26/h5-6,8-13,23H,2-4,7,14-15H2,1H3,(H2,22,26)(H,24,25). The average molecular weight is 369 g/mol. The van der Waals surface area contributed by atoms with Crippen molar-refractivity contribution in [3.05, 3.63) is 54.1 Å². The Morgan fingerprint density at radius 3 is 2.44 bits per heavy atom. The number of primary amides is 1. The first-order chi connectivity index (χ1) is 13.1. The maximum atomic E-state index is 12.1. The van der Waals surface area contributed by atoms with Gasteiger partial charge in [0.1, 0.15) is 5.75 Å². The lowest BCUT2D eigenvalue weighted by atomic mass is 10.1. The molecule has 0 aliphatic carbocycles. The molecule has 2 rings (SSSR count). The third-order valence-corrected chi connectivity index (χ3v) is 4.04. The lowest BCUT2D eigenvalue weighted by Gasteiger charge is -2.11. The molecule has 0 aliphatic heterocycles. The van der Waals surface area contributed by atoms with Gasteiger partial charge < -0.3 is 21.1 Å². The largest absolute Gasteiger partial charge is 0.494 e. The van der Waals surface area contributed by atoms with Gasteiger partial charge in [0.2, 0.25) is 5.91 Å². The first-order valence-corrected chi connectivity index (χ1v) is 9.25. The molecular formula is C21H27N3O3. The van der Waals surface area contributed by atoms with Crippen LogP contribution in [-0.2, 0) is 4.79 Å². The van der Waals surface area contributed by atoms with E-state index in [1.165, 1.54) is 19.3 Å². The molecule has 0 aliphatic rings. The highest BCUT2D eigenvalue weighted by molar-refractivity contribution is 6.03. The van der Waals surface area contributed by atoms with Crippen LogP contribution in [0.15, 0.2) is 48.5 Å². The van der Waals surface area contributed by atoms with E-state index in [1.54, 1.807) is 24.3 Å². The van der Waals surface area contributed by atoms with Crippen molar-refractivity contribution in [3.8, 4) is 5.75 Å². The molecule has 4 N–H and O–H groups in total. The molecule has 6 heteroatoms. The van der Waals surface area contributed by atoms with E-state index in [-0.39, 0.29) is 18.0 Å². The predicted molar refractivity (Wildman–Crippen MR) is 108 cm³/mol. The third-order valence-electron chi connectivity index (χ3n) is 4.04. The summed E-state index contributed by atoms with van der Waals surface area (Å²) in [6, 6.07) is 14.1. The number of benzene rings is 2. The van der Waals surface area contributed by atoms with E-state index in [0.29, 0.717) is 12.3 Å². The highest BCUT2D eigenvalue weighted by atomic mass is 16.5. The molecule has 0 radical (unpaired) electrons. The minimum absolute atomic E-state index is 0.0737. The highest BCUT2D eigenvalue weighted by Crippen LogP contribution is 2.17. The van der Waals surface area contributed by atoms with E-state index in [1.807, 2.05) is 24.3 Å². The number of nitrogens with two attached hydrogens (primary N) is 1. The SMILES string of the molecule is CCCCCCOc1ccc(NCC(=O)Nc2ccccc2C(N)=O)cc1. The number of para-hydroxylation sites is 1. The Balaban J connectivity index is 1.78. The maximum Gasteiger partial charge on any atom is 0.250 e. The Kier molecular flexibility index (Phi) is 8.16. The number of unbranched alkanes of at least 4 members (excludes halogenated alkanes) is 3. The average Bonchev–Trinajstić information content (AvgIpc) is 2.67. The molecule has 144 valence electrons. The van der Waals surface area contributed by atoms with Crippen LogP contribution in [0, 0.1) is 0 Å². The van der Waals surface area contributed by atoms with Crippen LogP contribution in [0.5, 0.6) is 5.75 Å². The first-order valence-electron chi connectivity index (χ1n) is 9.25. The van der Waals surface area contributed by atoms with Gasteiger partial charge in [0, 0.05) is 5.69 Å².